The lowest BCUT2D eigenvalue weighted by molar-refractivity contribution is -0.149. The first-order valence-electron chi connectivity index (χ1n) is 7.62. The Morgan fingerprint density at radius 1 is 1.00 bits per heavy atom. The Hall–Kier alpha value is -2.80. The quantitative estimate of drug-likeness (QED) is 0.601. The first-order valence-corrected chi connectivity index (χ1v) is 7.62. The third-order valence-corrected chi connectivity index (χ3v) is 2.94. The molecule has 0 fully saturated rings. The normalized spacial score (nSPS) is 9.13. The summed E-state index contributed by atoms with van der Waals surface area (Å²) in [6, 6.07) is 16.9. The molecule has 4 nitrogen and oxygen atoms in total. The summed E-state index contributed by atoms with van der Waals surface area (Å²) >= 11 is 0. The summed E-state index contributed by atoms with van der Waals surface area (Å²) in [6.45, 7) is 5.65. The number of nitrogens with zero attached hydrogens (tertiary/aromatic N) is 1. The van der Waals surface area contributed by atoms with Gasteiger partial charge in [-0.25, -0.2) is 0 Å². The largest absolute Gasteiger partial charge is 0.457 e. The molecule has 0 aliphatic rings. The van der Waals surface area contributed by atoms with Crippen molar-refractivity contribution in [2.24, 2.45) is 0 Å². The Kier molecular flexibility index (Phi) is 7.95. The molecule has 2 aromatic rings. The van der Waals surface area contributed by atoms with Crippen LogP contribution < -0.4 is 4.74 Å². The molecule has 0 bridgehead atoms. The molecule has 23 heavy (non-hydrogen) atoms. The molecule has 0 atom stereocenters. The number of hydrogen-bond acceptors (Lipinski definition) is 4. The Bertz CT molecular complexity index is 640. The fourth-order valence-corrected chi connectivity index (χ4v) is 1.75. The van der Waals surface area contributed by atoms with Crippen molar-refractivity contribution in [3.63, 3.8) is 0 Å². The maximum atomic E-state index is 11.0. The Labute approximate surface area is 137 Å². The second kappa shape index (κ2) is 10.0. The van der Waals surface area contributed by atoms with Gasteiger partial charge in [-0.3, -0.25) is 4.79 Å². The zero-order valence-corrected chi connectivity index (χ0v) is 13.7. The van der Waals surface area contributed by atoms with Gasteiger partial charge in [0.15, 0.2) is 0 Å². The molecule has 0 aliphatic carbocycles. The van der Waals surface area contributed by atoms with Gasteiger partial charge in [-0.05, 0) is 35.4 Å². The van der Waals surface area contributed by atoms with Crippen LogP contribution >= 0.6 is 0 Å². The number of carbonyl (C=O) groups is 1. The van der Waals surface area contributed by atoms with Crippen LogP contribution in [0, 0.1) is 11.3 Å². The highest BCUT2D eigenvalue weighted by Crippen LogP contribution is 2.22. The molecule has 0 radical (unpaired) electrons. The topological polar surface area (TPSA) is 59.3 Å². The summed E-state index contributed by atoms with van der Waals surface area (Å²) in [5.41, 5.74) is 2.69. The molecule has 0 N–H and O–H groups in total. The van der Waals surface area contributed by atoms with Crippen LogP contribution in [0.25, 0.3) is 11.1 Å². The van der Waals surface area contributed by atoms with Gasteiger partial charge in [-0.1, -0.05) is 45.0 Å². The minimum atomic E-state index is -0.288. The van der Waals surface area contributed by atoms with Crippen molar-refractivity contribution in [2.45, 2.75) is 27.2 Å². The second-order valence-electron chi connectivity index (χ2n) is 4.35. The molecule has 0 aliphatic heterocycles. The van der Waals surface area contributed by atoms with Gasteiger partial charge in [-0.15, -0.1) is 0 Å². The molecule has 2 aromatic carbocycles. The molecular formula is C19H21NO3. The summed E-state index contributed by atoms with van der Waals surface area (Å²) in [4.78, 5) is 11.0. The summed E-state index contributed by atoms with van der Waals surface area (Å²) in [7, 11) is 0. The maximum Gasteiger partial charge on any atom is 0.308 e. The lowest BCUT2D eigenvalue weighted by Gasteiger charge is -2.07. The standard InChI is InChI=1S/C17H15NO3.C2H6/c1-2-17(19)21-12-20-16-9-7-15(8-10-16)14-5-3-13(11-18)4-6-14;1-2/h3-10H,2,12H2,1H3;1-2H3. The van der Waals surface area contributed by atoms with E-state index in [1.807, 2.05) is 50.2 Å². The van der Waals surface area contributed by atoms with Crippen LogP contribution in [-0.2, 0) is 9.53 Å². The van der Waals surface area contributed by atoms with Crippen molar-refractivity contribution < 1.29 is 14.3 Å². The van der Waals surface area contributed by atoms with Crippen molar-refractivity contribution in [1.29, 1.82) is 5.26 Å². The lowest BCUT2D eigenvalue weighted by atomic mass is 10.0. The molecule has 4 heteroatoms. The highest BCUT2D eigenvalue weighted by molar-refractivity contribution is 5.68. The van der Waals surface area contributed by atoms with E-state index in [4.69, 9.17) is 14.7 Å². The first kappa shape index (κ1) is 18.2. The number of hydrogen-bond donors (Lipinski definition) is 0. The SMILES string of the molecule is CC.CCC(=O)OCOc1ccc(-c2ccc(C#N)cc2)cc1. The van der Waals surface area contributed by atoms with E-state index in [0.29, 0.717) is 17.7 Å². The van der Waals surface area contributed by atoms with E-state index in [9.17, 15) is 4.79 Å². The van der Waals surface area contributed by atoms with Gasteiger partial charge in [-0.2, -0.15) is 5.26 Å². The molecule has 2 rings (SSSR count). The molecule has 0 amide bonds. The van der Waals surface area contributed by atoms with Crippen LogP contribution in [0.5, 0.6) is 5.75 Å². The minimum Gasteiger partial charge on any atom is -0.457 e. The molecule has 0 heterocycles. The van der Waals surface area contributed by atoms with E-state index in [0.717, 1.165) is 11.1 Å². The molecule has 0 spiro atoms. The van der Waals surface area contributed by atoms with E-state index in [-0.39, 0.29) is 12.8 Å². The Morgan fingerprint density at radius 2 is 1.52 bits per heavy atom. The number of esters is 1. The second-order valence-corrected chi connectivity index (χ2v) is 4.35. The molecule has 120 valence electrons. The molecule has 0 saturated heterocycles. The summed E-state index contributed by atoms with van der Waals surface area (Å²) in [5.74, 6) is 0.348. The predicted molar refractivity (Wildman–Crippen MR) is 89.8 cm³/mol. The Morgan fingerprint density at radius 3 is 2.00 bits per heavy atom. The monoisotopic (exact) mass is 311 g/mol. The highest BCUT2D eigenvalue weighted by Gasteiger charge is 2.01. The van der Waals surface area contributed by atoms with Crippen LogP contribution in [0.3, 0.4) is 0 Å². The molecule has 0 unspecified atom stereocenters. The zero-order valence-electron chi connectivity index (χ0n) is 13.7. The van der Waals surface area contributed by atoms with Gasteiger partial charge < -0.3 is 9.47 Å². The summed E-state index contributed by atoms with van der Waals surface area (Å²) in [6.07, 6.45) is 0.334. The fraction of sp³-hybridized carbons (Fsp3) is 0.263. The molecule has 0 aromatic heterocycles. The van der Waals surface area contributed by atoms with Gasteiger partial charge >= 0.3 is 5.97 Å². The van der Waals surface area contributed by atoms with Crippen LogP contribution in [0.4, 0.5) is 0 Å². The first-order chi connectivity index (χ1) is 11.2. The highest BCUT2D eigenvalue weighted by atomic mass is 16.7. The summed E-state index contributed by atoms with van der Waals surface area (Å²) in [5, 5.41) is 8.77. The predicted octanol–water partition coefficient (Wildman–Crippen LogP) is 4.54. The van der Waals surface area contributed by atoms with Crippen molar-refractivity contribution in [2.75, 3.05) is 6.79 Å². The molecular weight excluding hydrogens is 290 g/mol. The fourth-order valence-electron chi connectivity index (χ4n) is 1.75. The maximum absolute atomic E-state index is 11.0. The third-order valence-electron chi connectivity index (χ3n) is 2.94. The Balaban J connectivity index is 0.00000127. The lowest BCUT2D eigenvalue weighted by Crippen LogP contribution is -2.08. The summed E-state index contributed by atoms with van der Waals surface area (Å²) < 4.78 is 10.2. The van der Waals surface area contributed by atoms with Gasteiger partial charge in [0.05, 0.1) is 11.6 Å². The average molecular weight is 311 g/mol. The number of ether oxygens (including phenoxy) is 2. The van der Waals surface area contributed by atoms with E-state index in [1.165, 1.54) is 0 Å². The number of nitriles is 1. The average Bonchev–Trinajstić information content (AvgIpc) is 2.64. The van der Waals surface area contributed by atoms with Crippen molar-refractivity contribution in [3.05, 3.63) is 54.1 Å². The van der Waals surface area contributed by atoms with Crippen LogP contribution in [-0.4, -0.2) is 12.8 Å². The van der Waals surface area contributed by atoms with Crippen LogP contribution in [0.2, 0.25) is 0 Å². The van der Waals surface area contributed by atoms with Gasteiger partial charge in [0.1, 0.15) is 5.75 Å². The van der Waals surface area contributed by atoms with Crippen LogP contribution in [0.15, 0.2) is 48.5 Å². The van der Waals surface area contributed by atoms with Gasteiger partial charge in [0.25, 0.3) is 0 Å². The smallest absolute Gasteiger partial charge is 0.308 e. The van der Waals surface area contributed by atoms with E-state index < -0.39 is 0 Å². The van der Waals surface area contributed by atoms with Crippen LogP contribution in [0.1, 0.15) is 32.8 Å². The molecule has 0 saturated carbocycles. The van der Waals surface area contributed by atoms with Gasteiger partial charge in [0.2, 0.25) is 6.79 Å². The van der Waals surface area contributed by atoms with E-state index >= 15 is 0 Å². The number of rotatable bonds is 5. The number of benzene rings is 2. The number of carbonyl (C=O) groups excluding carboxylic acids is 1. The minimum absolute atomic E-state index is 0.0805. The van der Waals surface area contributed by atoms with Gasteiger partial charge in [0, 0.05) is 6.42 Å². The van der Waals surface area contributed by atoms with E-state index in [2.05, 4.69) is 6.07 Å². The van der Waals surface area contributed by atoms with E-state index in [1.54, 1.807) is 19.1 Å². The van der Waals surface area contributed by atoms with Crippen molar-refractivity contribution in [3.8, 4) is 22.9 Å². The van der Waals surface area contributed by atoms with Crippen molar-refractivity contribution >= 4 is 5.97 Å². The van der Waals surface area contributed by atoms with Crippen molar-refractivity contribution in [1.82, 2.24) is 0 Å². The third kappa shape index (κ3) is 5.84. The zero-order chi connectivity index (χ0) is 17.1.